The maximum absolute atomic E-state index is 10.8. The van der Waals surface area contributed by atoms with Crippen molar-refractivity contribution in [3.8, 4) is 0 Å². The number of rotatable bonds is 1. The number of carbonyl (C=O) groups is 1. The van der Waals surface area contributed by atoms with Crippen molar-refractivity contribution in [3.05, 3.63) is 24.2 Å². The smallest absolute Gasteiger partial charge is 0.220 e. The van der Waals surface area contributed by atoms with Crippen molar-refractivity contribution < 1.29 is 9.21 Å². The lowest BCUT2D eigenvalue weighted by Crippen LogP contribution is -2.17. The van der Waals surface area contributed by atoms with E-state index in [0.29, 0.717) is 6.42 Å². The van der Waals surface area contributed by atoms with Crippen LogP contribution in [0.5, 0.6) is 0 Å². The van der Waals surface area contributed by atoms with Gasteiger partial charge in [-0.2, -0.15) is 0 Å². The van der Waals surface area contributed by atoms with Crippen molar-refractivity contribution >= 4 is 5.91 Å². The first-order valence-electron chi connectivity index (χ1n) is 3.68. The molecule has 0 saturated carbocycles. The van der Waals surface area contributed by atoms with Crippen molar-refractivity contribution in [3.63, 3.8) is 0 Å². The number of amides is 1. The SMILES string of the molecule is O=C1CCC(c2ccoc2)N1. The topological polar surface area (TPSA) is 42.2 Å². The molecule has 1 aromatic rings. The summed E-state index contributed by atoms with van der Waals surface area (Å²) in [6.07, 6.45) is 4.82. The molecule has 1 aromatic heterocycles. The van der Waals surface area contributed by atoms with Crippen molar-refractivity contribution in [1.82, 2.24) is 5.32 Å². The molecule has 1 aliphatic rings. The van der Waals surface area contributed by atoms with Crippen LogP contribution in [0.25, 0.3) is 0 Å². The Labute approximate surface area is 64.4 Å². The maximum atomic E-state index is 10.8. The maximum Gasteiger partial charge on any atom is 0.220 e. The van der Waals surface area contributed by atoms with Crippen LogP contribution >= 0.6 is 0 Å². The lowest BCUT2D eigenvalue weighted by Gasteiger charge is -2.04. The van der Waals surface area contributed by atoms with Crippen molar-refractivity contribution in [1.29, 1.82) is 0 Å². The van der Waals surface area contributed by atoms with Gasteiger partial charge < -0.3 is 9.73 Å². The fraction of sp³-hybridized carbons (Fsp3) is 0.375. The fourth-order valence-electron chi connectivity index (χ4n) is 1.34. The summed E-state index contributed by atoms with van der Waals surface area (Å²) in [7, 11) is 0. The van der Waals surface area contributed by atoms with Crippen molar-refractivity contribution in [2.45, 2.75) is 18.9 Å². The van der Waals surface area contributed by atoms with Gasteiger partial charge in [-0.05, 0) is 12.5 Å². The number of hydrogen-bond donors (Lipinski definition) is 1. The Balaban J connectivity index is 2.13. The summed E-state index contributed by atoms with van der Waals surface area (Å²) in [5.41, 5.74) is 1.07. The lowest BCUT2D eigenvalue weighted by molar-refractivity contribution is -0.119. The largest absolute Gasteiger partial charge is 0.472 e. The third kappa shape index (κ3) is 1.13. The highest BCUT2D eigenvalue weighted by Gasteiger charge is 2.22. The molecule has 1 amide bonds. The van der Waals surface area contributed by atoms with Crippen LogP contribution in [-0.4, -0.2) is 5.91 Å². The van der Waals surface area contributed by atoms with Crippen LogP contribution in [0.1, 0.15) is 24.4 Å². The highest BCUT2D eigenvalue weighted by molar-refractivity contribution is 5.78. The van der Waals surface area contributed by atoms with Crippen molar-refractivity contribution in [2.75, 3.05) is 0 Å². The van der Waals surface area contributed by atoms with E-state index in [1.165, 1.54) is 0 Å². The molecule has 1 fully saturated rings. The van der Waals surface area contributed by atoms with Crippen LogP contribution in [0.2, 0.25) is 0 Å². The van der Waals surface area contributed by atoms with Crippen LogP contribution in [-0.2, 0) is 4.79 Å². The predicted octanol–water partition coefficient (Wildman–Crippen LogP) is 1.23. The molecule has 0 aromatic carbocycles. The summed E-state index contributed by atoms with van der Waals surface area (Å²) in [5, 5.41) is 2.86. The van der Waals surface area contributed by atoms with Gasteiger partial charge in [0.1, 0.15) is 0 Å². The molecule has 3 heteroatoms. The normalized spacial score (nSPS) is 23.6. The van der Waals surface area contributed by atoms with Crippen molar-refractivity contribution in [2.24, 2.45) is 0 Å². The van der Waals surface area contributed by atoms with Crippen LogP contribution in [0.3, 0.4) is 0 Å². The predicted molar refractivity (Wildman–Crippen MR) is 38.8 cm³/mol. The van der Waals surface area contributed by atoms with Crippen LogP contribution in [0.4, 0.5) is 0 Å². The van der Waals surface area contributed by atoms with Crippen LogP contribution in [0, 0.1) is 0 Å². The molecule has 2 heterocycles. The number of furan rings is 1. The van der Waals surface area contributed by atoms with E-state index in [-0.39, 0.29) is 11.9 Å². The van der Waals surface area contributed by atoms with Crippen LogP contribution in [0.15, 0.2) is 23.0 Å². The zero-order chi connectivity index (χ0) is 7.68. The minimum Gasteiger partial charge on any atom is -0.472 e. The minimum absolute atomic E-state index is 0.135. The molecule has 0 radical (unpaired) electrons. The summed E-state index contributed by atoms with van der Waals surface area (Å²) < 4.78 is 4.91. The third-order valence-corrected chi connectivity index (χ3v) is 1.94. The molecule has 0 aliphatic carbocycles. The van der Waals surface area contributed by atoms with Gasteiger partial charge in [0, 0.05) is 12.0 Å². The van der Waals surface area contributed by atoms with E-state index in [9.17, 15) is 4.79 Å². The van der Waals surface area contributed by atoms with Gasteiger partial charge in [0.15, 0.2) is 0 Å². The van der Waals surface area contributed by atoms with E-state index in [4.69, 9.17) is 4.42 Å². The lowest BCUT2D eigenvalue weighted by atomic mass is 10.1. The summed E-state index contributed by atoms with van der Waals surface area (Å²) in [6.45, 7) is 0. The summed E-state index contributed by atoms with van der Waals surface area (Å²) in [5.74, 6) is 0.135. The molecule has 1 unspecified atom stereocenters. The quantitative estimate of drug-likeness (QED) is 0.656. The zero-order valence-corrected chi connectivity index (χ0v) is 6.04. The van der Waals surface area contributed by atoms with E-state index >= 15 is 0 Å². The van der Waals surface area contributed by atoms with Gasteiger partial charge in [0.05, 0.1) is 18.6 Å². The zero-order valence-electron chi connectivity index (χ0n) is 6.04. The summed E-state index contributed by atoms with van der Waals surface area (Å²) in [6, 6.07) is 2.07. The van der Waals surface area contributed by atoms with E-state index in [1.54, 1.807) is 12.5 Å². The van der Waals surface area contributed by atoms with Gasteiger partial charge in [-0.15, -0.1) is 0 Å². The average Bonchev–Trinajstić information content (AvgIpc) is 2.55. The Morgan fingerprint density at radius 1 is 1.64 bits per heavy atom. The Morgan fingerprint density at radius 2 is 2.55 bits per heavy atom. The molecule has 3 nitrogen and oxygen atoms in total. The summed E-state index contributed by atoms with van der Waals surface area (Å²) in [4.78, 5) is 10.8. The molecule has 1 atom stereocenters. The molecular formula is C8H9NO2. The van der Waals surface area contributed by atoms with E-state index < -0.39 is 0 Å². The molecule has 11 heavy (non-hydrogen) atoms. The van der Waals surface area contributed by atoms with E-state index in [2.05, 4.69) is 5.32 Å². The van der Waals surface area contributed by atoms with Gasteiger partial charge in [-0.3, -0.25) is 4.79 Å². The first-order chi connectivity index (χ1) is 5.36. The average molecular weight is 151 g/mol. The van der Waals surface area contributed by atoms with E-state index in [0.717, 1.165) is 12.0 Å². The Bertz CT molecular complexity index is 253. The van der Waals surface area contributed by atoms with Crippen LogP contribution < -0.4 is 5.32 Å². The second kappa shape index (κ2) is 2.42. The number of carbonyl (C=O) groups excluding carboxylic acids is 1. The molecule has 1 N–H and O–H groups in total. The van der Waals surface area contributed by atoms with Gasteiger partial charge in [-0.25, -0.2) is 0 Å². The van der Waals surface area contributed by atoms with Gasteiger partial charge in [0.25, 0.3) is 0 Å². The second-order valence-corrected chi connectivity index (χ2v) is 2.72. The second-order valence-electron chi connectivity index (χ2n) is 2.72. The Hall–Kier alpha value is -1.25. The molecule has 1 aliphatic heterocycles. The minimum atomic E-state index is 0.135. The first kappa shape index (κ1) is 6.46. The molecule has 2 rings (SSSR count). The molecule has 0 spiro atoms. The highest BCUT2D eigenvalue weighted by atomic mass is 16.3. The monoisotopic (exact) mass is 151 g/mol. The van der Waals surface area contributed by atoms with Gasteiger partial charge in [0.2, 0.25) is 5.91 Å². The van der Waals surface area contributed by atoms with E-state index in [1.807, 2.05) is 6.07 Å². The van der Waals surface area contributed by atoms with Gasteiger partial charge >= 0.3 is 0 Å². The molecule has 0 bridgehead atoms. The number of nitrogens with one attached hydrogen (secondary N) is 1. The highest BCUT2D eigenvalue weighted by Crippen LogP contribution is 2.23. The third-order valence-electron chi connectivity index (χ3n) is 1.94. The Kier molecular flexibility index (Phi) is 1.42. The van der Waals surface area contributed by atoms with Gasteiger partial charge in [-0.1, -0.05) is 0 Å². The standard InChI is InChI=1S/C8H9NO2/c10-8-2-1-7(9-8)6-3-4-11-5-6/h3-5,7H,1-2H2,(H,9,10). The first-order valence-corrected chi connectivity index (χ1v) is 3.68. The summed E-state index contributed by atoms with van der Waals surface area (Å²) >= 11 is 0. The molecule has 1 saturated heterocycles. The Morgan fingerprint density at radius 3 is 3.09 bits per heavy atom. The number of hydrogen-bond acceptors (Lipinski definition) is 2. The molecule has 58 valence electrons. The molecular weight excluding hydrogens is 142 g/mol. The fourth-order valence-corrected chi connectivity index (χ4v) is 1.34.